The number of benzene rings is 1. The zero-order chi connectivity index (χ0) is 18.5. The van der Waals surface area contributed by atoms with E-state index in [9.17, 15) is 13.2 Å². The van der Waals surface area contributed by atoms with Crippen LogP contribution in [0.4, 0.5) is 0 Å². The Hall–Kier alpha value is -2.12. The lowest BCUT2D eigenvalue weighted by Crippen LogP contribution is -2.43. The predicted octanol–water partition coefficient (Wildman–Crippen LogP) is 2.85. The Balaban J connectivity index is 1.73. The van der Waals surface area contributed by atoms with Crippen LogP contribution in [0.1, 0.15) is 47.0 Å². The number of hydrogen-bond donors (Lipinski definition) is 1. The van der Waals surface area contributed by atoms with E-state index in [1.54, 1.807) is 6.92 Å². The summed E-state index contributed by atoms with van der Waals surface area (Å²) in [7, 11) is -3.98. The smallest absolute Gasteiger partial charge is 0.271 e. The molecule has 2 N–H and O–H groups in total. The number of hydrogen-bond acceptors (Lipinski definition) is 4. The van der Waals surface area contributed by atoms with E-state index in [4.69, 9.17) is 9.56 Å². The van der Waals surface area contributed by atoms with Crippen LogP contribution in [-0.4, -0.2) is 25.8 Å². The van der Waals surface area contributed by atoms with Crippen molar-refractivity contribution < 1.29 is 17.6 Å². The van der Waals surface area contributed by atoms with Gasteiger partial charge in [0.15, 0.2) is 0 Å². The molecule has 2 heterocycles. The van der Waals surface area contributed by atoms with Gasteiger partial charge in [0, 0.05) is 12.6 Å². The number of rotatable bonds is 3. The highest BCUT2D eigenvalue weighted by Crippen LogP contribution is 2.48. The number of primary sulfonamides is 1. The first-order chi connectivity index (χ1) is 12.3. The molecule has 2 aliphatic rings. The molecule has 0 radical (unpaired) electrons. The normalized spacial score (nSPS) is 25.5. The molecule has 1 aromatic carbocycles. The second-order valence-corrected chi connectivity index (χ2v) is 8.82. The highest BCUT2D eigenvalue weighted by atomic mass is 32.2. The second kappa shape index (κ2) is 6.25. The average molecular weight is 374 g/mol. The molecule has 1 aliphatic carbocycles. The number of piperidine rings is 1. The minimum Gasteiger partial charge on any atom is -0.448 e. The SMILES string of the molecule is Cc1oc(S(N)(=O)=O)cc1C(=O)N1CC2CCC(C2)C1c1ccccc1. The molecule has 2 bridgehead atoms. The van der Waals surface area contributed by atoms with Gasteiger partial charge in [0.2, 0.25) is 5.09 Å². The third kappa shape index (κ3) is 2.95. The number of likely N-dealkylation sites (tertiary alicyclic amines) is 1. The molecule has 26 heavy (non-hydrogen) atoms. The summed E-state index contributed by atoms with van der Waals surface area (Å²) in [5, 5.41) is 4.78. The minimum atomic E-state index is -3.98. The van der Waals surface area contributed by atoms with Gasteiger partial charge in [0.25, 0.3) is 15.9 Å². The largest absolute Gasteiger partial charge is 0.448 e. The van der Waals surface area contributed by atoms with Crippen molar-refractivity contribution in [3.05, 3.63) is 53.3 Å². The van der Waals surface area contributed by atoms with Gasteiger partial charge in [-0.25, -0.2) is 13.6 Å². The Morgan fingerprint density at radius 2 is 1.96 bits per heavy atom. The Bertz CT molecular complexity index is 936. The van der Waals surface area contributed by atoms with Gasteiger partial charge >= 0.3 is 0 Å². The molecule has 3 atom stereocenters. The average Bonchev–Trinajstić information content (AvgIpc) is 3.18. The summed E-state index contributed by atoms with van der Waals surface area (Å²) in [5.41, 5.74) is 1.40. The molecule has 7 heteroatoms. The van der Waals surface area contributed by atoms with Gasteiger partial charge in [0.1, 0.15) is 5.76 Å². The first-order valence-electron chi connectivity index (χ1n) is 8.83. The van der Waals surface area contributed by atoms with E-state index >= 15 is 0 Å². The molecule has 0 spiro atoms. The van der Waals surface area contributed by atoms with Gasteiger partial charge in [-0.05, 0) is 43.6 Å². The Labute approximate surface area is 153 Å². The van der Waals surface area contributed by atoms with Crippen molar-refractivity contribution in [2.75, 3.05) is 6.54 Å². The molecular formula is C19H22N2O4S. The van der Waals surface area contributed by atoms with E-state index < -0.39 is 10.0 Å². The number of sulfonamides is 1. The maximum atomic E-state index is 13.3. The quantitative estimate of drug-likeness (QED) is 0.894. The maximum Gasteiger partial charge on any atom is 0.271 e. The van der Waals surface area contributed by atoms with Crippen LogP contribution >= 0.6 is 0 Å². The van der Waals surface area contributed by atoms with Gasteiger partial charge < -0.3 is 9.32 Å². The van der Waals surface area contributed by atoms with Crippen LogP contribution in [0.3, 0.4) is 0 Å². The Morgan fingerprint density at radius 1 is 1.23 bits per heavy atom. The molecular weight excluding hydrogens is 352 g/mol. The van der Waals surface area contributed by atoms with Crippen LogP contribution in [0, 0.1) is 18.8 Å². The zero-order valence-corrected chi connectivity index (χ0v) is 15.4. The number of nitrogens with two attached hydrogens (primary N) is 1. The van der Waals surface area contributed by atoms with E-state index in [0.717, 1.165) is 24.8 Å². The van der Waals surface area contributed by atoms with E-state index in [-0.39, 0.29) is 28.4 Å². The van der Waals surface area contributed by atoms with Gasteiger partial charge in [-0.2, -0.15) is 0 Å². The fourth-order valence-electron chi connectivity index (χ4n) is 4.49. The molecule has 1 aliphatic heterocycles. The van der Waals surface area contributed by atoms with E-state index in [1.165, 1.54) is 6.07 Å². The summed E-state index contributed by atoms with van der Waals surface area (Å²) < 4.78 is 28.4. The van der Waals surface area contributed by atoms with Crippen LogP contribution in [-0.2, 0) is 10.0 Å². The van der Waals surface area contributed by atoms with Crippen molar-refractivity contribution in [3.63, 3.8) is 0 Å². The highest BCUT2D eigenvalue weighted by Gasteiger charge is 2.44. The molecule has 2 fully saturated rings. The molecule has 1 saturated heterocycles. The second-order valence-electron chi connectivity index (χ2n) is 7.33. The number of fused-ring (bicyclic) bond motifs is 2. The predicted molar refractivity (Wildman–Crippen MR) is 95.9 cm³/mol. The number of furan rings is 1. The lowest BCUT2D eigenvalue weighted by molar-refractivity contribution is 0.0483. The maximum absolute atomic E-state index is 13.3. The van der Waals surface area contributed by atoms with Crippen LogP contribution in [0.2, 0.25) is 0 Å². The van der Waals surface area contributed by atoms with Gasteiger partial charge in [-0.15, -0.1) is 0 Å². The topological polar surface area (TPSA) is 93.6 Å². The van der Waals surface area contributed by atoms with Crippen molar-refractivity contribution in [1.29, 1.82) is 0 Å². The fraction of sp³-hybridized carbons (Fsp3) is 0.421. The van der Waals surface area contributed by atoms with E-state index in [2.05, 4.69) is 12.1 Å². The molecule has 138 valence electrons. The molecule has 1 saturated carbocycles. The first kappa shape index (κ1) is 17.3. The molecule has 4 rings (SSSR count). The van der Waals surface area contributed by atoms with Gasteiger partial charge in [-0.3, -0.25) is 4.79 Å². The van der Waals surface area contributed by atoms with Crippen molar-refractivity contribution in [2.45, 2.75) is 37.3 Å². The summed E-state index contributed by atoms with van der Waals surface area (Å²) >= 11 is 0. The minimum absolute atomic E-state index is 0.00897. The van der Waals surface area contributed by atoms with Gasteiger partial charge in [0.05, 0.1) is 11.6 Å². The number of carbonyl (C=O) groups excluding carboxylic acids is 1. The van der Waals surface area contributed by atoms with Crippen molar-refractivity contribution in [1.82, 2.24) is 4.90 Å². The third-order valence-electron chi connectivity index (χ3n) is 5.63. The molecule has 6 nitrogen and oxygen atoms in total. The monoisotopic (exact) mass is 374 g/mol. The number of amides is 1. The third-order valence-corrected chi connectivity index (χ3v) is 6.39. The summed E-state index contributed by atoms with van der Waals surface area (Å²) in [5.74, 6) is 1.04. The summed E-state index contributed by atoms with van der Waals surface area (Å²) in [4.78, 5) is 15.2. The summed E-state index contributed by atoms with van der Waals surface area (Å²) in [6, 6.07) is 11.3. The fourth-order valence-corrected chi connectivity index (χ4v) is 5.01. The van der Waals surface area contributed by atoms with Gasteiger partial charge in [-0.1, -0.05) is 30.3 Å². The molecule has 2 aromatic rings. The van der Waals surface area contributed by atoms with Crippen LogP contribution in [0.15, 0.2) is 45.9 Å². The zero-order valence-electron chi connectivity index (χ0n) is 14.6. The summed E-state index contributed by atoms with van der Waals surface area (Å²) in [6.07, 6.45) is 3.38. The molecule has 1 aromatic heterocycles. The van der Waals surface area contributed by atoms with Crippen molar-refractivity contribution in [3.8, 4) is 0 Å². The van der Waals surface area contributed by atoms with Crippen molar-refractivity contribution >= 4 is 15.9 Å². The highest BCUT2D eigenvalue weighted by molar-refractivity contribution is 7.89. The number of aryl methyl sites for hydroxylation is 1. The van der Waals surface area contributed by atoms with E-state index in [1.807, 2.05) is 23.1 Å². The van der Waals surface area contributed by atoms with Crippen LogP contribution in [0.5, 0.6) is 0 Å². The standard InChI is InChI=1S/C19H22N2O4S/c1-12-16(10-17(25-12)26(20,23)24)19(22)21-11-13-7-8-15(9-13)18(21)14-5-3-2-4-6-14/h2-6,10,13,15,18H,7-9,11H2,1H3,(H2,20,23,24). The lowest BCUT2D eigenvalue weighted by Gasteiger charge is -2.40. The Morgan fingerprint density at radius 3 is 2.62 bits per heavy atom. The summed E-state index contributed by atoms with van der Waals surface area (Å²) in [6.45, 7) is 2.28. The number of nitrogens with zero attached hydrogens (tertiary/aromatic N) is 1. The van der Waals surface area contributed by atoms with Crippen molar-refractivity contribution in [2.24, 2.45) is 17.0 Å². The number of carbonyl (C=O) groups is 1. The molecule has 1 amide bonds. The molecule has 3 unspecified atom stereocenters. The van der Waals surface area contributed by atoms with Crippen LogP contribution in [0.25, 0.3) is 0 Å². The first-order valence-corrected chi connectivity index (χ1v) is 10.4. The lowest BCUT2D eigenvalue weighted by atomic mass is 9.85. The Kier molecular flexibility index (Phi) is 4.16. The van der Waals surface area contributed by atoms with Crippen LogP contribution < -0.4 is 5.14 Å². The van der Waals surface area contributed by atoms with E-state index in [0.29, 0.717) is 18.4 Å².